The highest BCUT2D eigenvalue weighted by molar-refractivity contribution is 6.29. The van der Waals surface area contributed by atoms with Crippen LogP contribution in [0.4, 0.5) is 11.6 Å². The number of rotatable bonds is 3. The number of nitrogens with two attached hydrogens (primary N) is 1. The predicted octanol–water partition coefficient (Wildman–Crippen LogP) is 2.13. The first kappa shape index (κ1) is 12.1. The van der Waals surface area contributed by atoms with Gasteiger partial charge in [-0.15, -0.1) is 0 Å². The van der Waals surface area contributed by atoms with Crippen molar-refractivity contribution >= 4 is 45.9 Å². The monoisotopic (exact) mass is 272 g/mol. The Kier molecular flexibility index (Phi) is 3.44. The quantitative estimate of drug-likeness (QED) is 0.832. The van der Waals surface area contributed by atoms with Crippen LogP contribution >= 0.6 is 23.2 Å². The van der Waals surface area contributed by atoms with Crippen LogP contribution in [0.3, 0.4) is 0 Å². The maximum absolute atomic E-state index is 5.81. The van der Waals surface area contributed by atoms with Gasteiger partial charge in [0.25, 0.3) is 0 Å². The van der Waals surface area contributed by atoms with Gasteiger partial charge >= 0.3 is 0 Å². The van der Waals surface area contributed by atoms with Gasteiger partial charge in [0.15, 0.2) is 11.6 Å². The van der Waals surface area contributed by atoms with Crippen molar-refractivity contribution in [3.05, 3.63) is 10.6 Å². The molecule has 0 unspecified atom stereocenters. The van der Waals surface area contributed by atoms with Crippen molar-refractivity contribution in [2.75, 3.05) is 17.6 Å². The van der Waals surface area contributed by atoms with Crippen molar-refractivity contribution in [1.29, 1.82) is 0 Å². The van der Waals surface area contributed by atoms with Crippen molar-refractivity contribution in [3.8, 4) is 0 Å². The number of nitrogens with one attached hydrogen (secondary N) is 1. The van der Waals surface area contributed by atoms with Crippen molar-refractivity contribution in [1.82, 2.24) is 19.9 Å². The van der Waals surface area contributed by atoms with E-state index in [1.165, 1.54) is 0 Å². The fraction of sp³-hybridized carbons (Fsp3) is 0.333. The lowest BCUT2D eigenvalue weighted by molar-refractivity contribution is 0.967. The van der Waals surface area contributed by atoms with E-state index in [1.54, 1.807) is 0 Å². The number of hydrogen-bond donors (Lipinski definition) is 2. The van der Waals surface area contributed by atoms with Crippen molar-refractivity contribution in [2.45, 2.75) is 13.3 Å². The van der Waals surface area contributed by atoms with Gasteiger partial charge in [-0.25, -0.2) is 9.97 Å². The third-order valence-electron chi connectivity index (χ3n) is 2.06. The Morgan fingerprint density at radius 1 is 1.06 bits per heavy atom. The molecule has 0 atom stereocenters. The predicted molar refractivity (Wildman–Crippen MR) is 68.3 cm³/mol. The number of hydrogen-bond acceptors (Lipinski definition) is 6. The lowest BCUT2D eigenvalue weighted by Gasteiger charge is -2.08. The second-order valence-corrected chi connectivity index (χ2v) is 4.02. The average molecular weight is 273 g/mol. The summed E-state index contributed by atoms with van der Waals surface area (Å²) in [7, 11) is 0. The highest BCUT2D eigenvalue weighted by Gasteiger charge is 2.12. The summed E-state index contributed by atoms with van der Waals surface area (Å²) in [5.74, 6) is 0.696. The van der Waals surface area contributed by atoms with Crippen molar-refractivity contribution in [2.24, 2.45) is 0 Å². The summed E-state index contributed by atoms with van der Waals surface area (Å²) >= 11 is 11.6. The molecule has 0 bridgehead atoms. The Labute approximate surface area is 108 Å². The number of aromatic nitrogens is 4. The molecule has 0 fully saturated rings. The summed E-state index contributed by atoms with van der Waals surface area (Å²) in [6.45, 7) is 2.78. The maximum atomic E-state index is 5.81. The largest absolute Gasteiger partial charge is 0.382 e. The van der Waals surface area contributed by atoms with E-state index in [0.29, 0.717) is 16.9 Å². The molecule has 0 aliphatic heterocycles. The standard InChI is InChI=1S/C9H10Cl2N6/c1-2-3-13-7-5-4(14-9(11)17-7)6(12)16-8(10)15-5/h2-3H2,1H3,(H2,12,15,16)(H,13,14,17). The van der Waals surface area contributed by atoms with Gasteiger partial charge in [0.1, 0.15) is 11.0 Å². The zero-order chi connectivity index (χ0) is 12.4. The molecule has 3 N–H and O–H groups in total. The molecule has 0 aliphatic rings. The minimum absolute atomic E-state index is 0.0560. The zero-order valence-corrected chi connectivity index (χ0v) is 10.5. The molecule has 17 heavy (non-hydrogen) atoms. The summed E-state index contributed by atoms with van der Waals surface area (Å²) in [5, 5.41) is 3.24. The third-order valence-corrected chi connectivity index (χ3v) is 2.40. The summed E-state index contributed by atoms with van der Waals surface area (Å²) in [4.78, 5) is 15.9. The zero-order valence-electron chi connectivity index (χ0n) is 9.04. The molecule has 0 aliphatic carbocycles. The van der Waals surface area contributed by atoms with Crippen molar-refractivity contribution < 1.29 is 0 Å². The molecule has 2 rings (SSSR count). The van der Waals surface area contributed by atoms with Gasteiger partial charge in [-0.3, -0.25) is 0 Å². The first-order valence-electron chi connectivity index (χ1n) is 5.02. The number of fused-ring (bicyclic) bond motifs is 1. The molecule has 0 saturated carbocycles. The molecular weight excluding hydrogens is 263 g/mol. The van der Waals surface area contributed by atoms with Crippen LogP contribution in [0, 0.1) is 0 Å². The summed E-state index contributed by atoms with van der Waals surface area (Å²) < 4.78 is 0. The Bertz CT molecular complexity index is 559. The Morgan fingerprint density at radius 3 is 2.41 bits per heavy atom. The molecule has 0 amide bonds. The number of nitrogen functional groups attached to an aromatic ring is 1. The molecule has 90 valence electrons. The third kappa shape index (κ3) is 2.48. The molecule has 2 aromatic rings. The minimum atomic E-state index is 0.0560. The topological polar surface area (TPSA) is 89.6 Å². The lowest BCUT2D eigenvalue weighted by Crippen LogP contribution is -2.06. The van der Waals surface area contributed by atoms with Gasteiger partial charge in [-0.1, -0.05) is 6.92 Å². The van der Waals surface area contributed by atoms with E-state index in [9.17, 15) is 0 Å². The Morgan fingerprint density at radius 2 is 1.71 bits per heavy atom. The van der Waals surface area contributed by atoms with Crippen LogP contribution in [0.5, 0.6) is 0 Å². The smallest absolute Gasteiger partial charge is 0.225 e. The van der Waals surface area contributed by atoms with Gasteiger partial charge < -0.3 is 11.1 Å². The molecule has 8 heteroatoms. The molecule has 2 aromatic heterocycles. The molecule has 2 heterocycles. The molecular formula is C9H10Cl2N6. The highest BCUT2D eigenvalue weighted by Crippen LogP contribution is 2.24. The molecule has 0 aromatic carbocycles. The van der Waals surface area contributed by atoms with Gasteiger partial charge in [0, 0.05) is 6.54 Å². The van der Waals surface area contributed by atoms with Gasteiger partial charge in [0.05, 0.1) is 0 Å². The molecule has 6 nitrogen and oxygen atoms in total. The SMILES string of the molecule is CCCNc1nc(Cl)nc2c(N)nc(Cl)nc12. The highest BCUT2D eigenvalue weighted by atomic mass is 35.5. The minimum Gasteiger partial charge on any atom is -0.382 e. The van der Waals surface area contributed by atoms with Crippen LogP contribution in [-0.2, 0) is 0 Å². The number of halogens is 2. The van der Waals surface area contributed by atoms with Crippen LogP contribution in [0.2, 0.25) is 10.6 Å². The maximum Gasteiger partial charge on any atom is 0.225 e. The molecule has 0 spiro atoms. The molecule has 0 radical (unpaired) electrons. The first-order valence-corrected chi connectivity index (χ1v) is 5.77. The number of nitrogens with zero attached hydrogens (tertiary/aromatic N) is 4. The van der Waals surface area contributed by atoms with E-state index in [2.05, 4.69) is 25.3 Å². The van der Waals surface area contributed by atoms with Crippen LogP contribution < -0.4 is 11.1 Å². The van der Waals surface area contributed by atoms with Gasteiger partial charge in [0.2, 0.25) is 10.6 Å². The summed E-state index contributed by atoms with van der Waals surface area (Å²) in [5.41, 5.74) is 6.58. The van der Waals surface area contributed by atoms with E-state index in [1.807, 2.05) is 6.92 Å². The normalized spacial score (nSPS) is 10.8. The second kappa shape index (κ2) is 4.85. The number of anilines is 2. The Balaban J connectivity index is 2.64. The fourth-order valence-electron chi connectivity index (χ4n) is 1.35. The van der Waals surface area contributed by atoms with E-state index < -0.39 is 0 Å². The molecule has 0 saturated heterocycles. The van der Waals surface area contributed by atoms with Gasteiger partial charge in [-0.05, 0) is 29.6 Å². The van der Waals surface area contributed by atoms with Crippen LogP contribution in [0.15, 0.2) is 0 Å². The summed E-state index contributed by atoms with van der Waals surface area (Å²) in [6, 6.07) is 0. The first-order chi connectivity index (χ1) is 8.11. The fourth-order valence-corrected chi connectivity index (χ4v) is 1.69. The van der Waals surface area contributed by atoms with E-state index in [-0.39, 0.29) is 16.4 Å². The van der Waals surface area contributed by atoms with Crippen molar-refractivity contribution in [3.63, 3.8) is 0 Å². The second-order valence-electron chi connectivity index (χ2n) is 3.34. The van der Waals surface area contributed by atoms with Crippen LogP contribution in [0.25, 0.3) is 11.0 Å². The van der Waals surface area contributed by atoms with Crippen LogP contribution in [0.1, 0.15) is 13.3 Å². The summed E-state index contributed by atoms with van der Waals surface area (Å²) in [6.07, 6.45) is 0.942. The average Bonchev–Trinajstić information content (AvgIpc) is 2.27. The van der Waals surface area contributed by atoms with Crippen LogP contribution in [-0.4, -0.2) is 26.5 Å². The van der Waals surface area contributed by atoms with E-state index >= 15 is 0 Å². The van der Waals surface area contributed by atoms with Gasteiger partial charge in [-0.2, -0.15) is 9.97 Å². The van der Waals surface area contributed by atoms with E-state index in [4.69, 9.17) is 28.9 Å². The van der Waals surface area contributed by atoms with E-state index in [0.717, 1.165) is 13.0 Å². The lowest BCUT2D eigenvalue weighted by atomic mass is 10.3. The Hall–Kier alpha value is -1.40.